The number of aryl methyl sites for hydroxylation is 1. The van der Waals surface area contributed by atoms with Crippen LogP contribution in [0.25, 0.3) is 5.69 Å². The molecule has 0 aliphatic carbocycles. The molecule has 0 spiro atoms. The van der Waals surface area contributed by atoms with Crippen molar-refractivity contribution in [1.29, 1.82) is 0 Å². The van der Waals surface area contributed by atoms with Crippen molar-refractivity contribution >= 4 is 29.2 Å². The highest BCUT2D eigenvalue weighted by atomic mass is 35.5. The Bertz CT molecular complexity index is 641. The molecule has 0 atom stereocenters. The van der Waals surface area contributed by atoms with Crippen LogP contribution in [0.15, 0.2) is 24.4 Å². The van der Waals surface area contributed by atoms with E-state index in [1.807, 2.05) is 0 Å². The molecule has 20 heavy (non-hydrogen) atoms. The van der Waals surface area contributed by atoms with E-state index >= 15 is 0 Å². The monoisotopic (exact) mass is 314 g/mol. The van der Waals surface area contributed by atoms with Gasteiger partial charge in [-0.15, -0.1) is 0 Å². The molecule has 7 heteroatoms. The Balaban J connectivity index is 2.41. The van der Waals surface area contributed by atoms with Crippen LogP contribution in [0.5, 0.6) is 0 Å². The molecule has 0 unspecified atom stereocenters. The summed E-state index contributed by atoms with van der Waals surface area (Å²) >= 11 is 11.8. The Hall–Kier alpha value is -1.56. The second-order valence-electron chi connectivity index (χ2n) is 4.18. The van der Waals surface area contributed by atoms with Gasteiger partial charge in [0.05, 0.1) is 15.7 Å². The number of nitrogens with zero attached hydrogens (tertiary/aromatic N) is 2. The van der Waals surface area contributed by atoms with Gasteiger partial charge in [-0.1, -0.05) is 23.2 Å². The predicted molar refractivity (Wildman–Crippen MR) is 76.0 cm³/mol. The van der Waals surface area contributed by atoms with E-state index in [0.717, 1.165) is 0 Å². The minimum Gasteiger partial charge on any atom is -0.476 e. The molecule has 0 aliphatic heterocycles. The molecular weight excluding hydrogens is 303 g/mol. The van der Waals surface area contributed by atoms with Crippen molar-refractivity contribution in [2.24, 2.45) is 0 Å². The Labute approximate surface area is 125 Å². The van der Waals surface area contributed by atoms with E-state index in [-0.39, 0.29) is 12.3 Å². The zero-order valence-corrected chi connectivity index (χ0v) is 11.9. The number of carbonyl (C=O) groups is 1. The summed E-state index contributed by atoms with van der Waals surface area (Å²) in [5.74, 6) is -1.10. The molecule has 2 rings (SSSR count). The van der Waals surface area contributed by atoms with E-state index in [9.17, 15) is 4.79 Å². The minimum atomic E-state index is -1.10. The first-order chi connectivity index (χ1) is 9.52. The molecule has 0 amide bonds. The second-order valence-corrected chi connectivity index (χ2v) is 4.99. The fourth-order valence-corrected chi connectivity index (χ4v) is 2.09. The van der Waals surface area contributed by atoms with E-state index in [1.165, 1.54) is 4.68 Å². The van der Waals surface area contributed by atoms with E-state index in [1.54, 1.807) is 24.4 Å². The summed E-state index contributed by atoms with van der Waals surface area (Å²) < 4.78 is 1.44. The third-order valence-corrected chi connectivity index (χ3v) is 3.50. The highest BCUT2D eigenvalue weighted by Crippen LogP contribution is 2.25. The summed E-state index contributed by atoms with van der Waals surface area (Å²) in [6, 6.07) is 4.93. The Kier molecular flexibility index (Phi) is 4.65. The van der Waals surface area contributed by atoms with Crippen molar-refractivity contribution in [2.45, 2.75) is 12.8 Å². The summed E-state index contributed by atoms with van der Waals surface area (Å²) in [6.45, 7) is -0.00296. The molecule has 2 aromatic rings. The highest BCUT2D eigenvalue weighted by Gasteiger charge is 2.16. The Morgan fingerprint density at radius 2 is 2.05 bits per heavy atom. The van der Waals surface area contributed by atoms with Crippen LogP contribution in [0.4, 0.5) is 0 Å². The number of rotatable bonds is 5. The van der Waals surface area contributed by atoms with Crippen molar-refractivity contribution in [3.8, 4) is 5.69 Å². The number of halogens is 2. The van der Waals surface area contributed by atoms with Crippen LogP contribution < -0.4 is 0 Å². The first kappa shape index (κ1) is 14.8. The van der Waals surface area contributed by atoms with Crippen LogP contribution in [0.2, 0.25) is 10.0 Å². The SMILES string of the molecule is O=C(O)c1nn(-c2ccc(Cl)c(Cl)c2)cc1CCCO. The van der Waals surface area contributed by atoms with Gasteiger partial charge in [-0.2, -0.15) is 5.10 Å². The largest absolute Gasteiger partial charge is 0.476 e. The van der Waals surface area contributed by atoms with Gasteiger partial charge in [0.2, 0.25) is 0 Å². The van der Waals surface area contributed by atoms with Crippen LogP contribution in [-0.4, -0.2) is 32.6 Å². The number of aliphatic hydroxyl groups is 1. The maximum absolute atomic E-state index is 11.2. The van der Waals surface area contributed by atoms with Crippen molar-refractivity contribution in [3.05, 3.63) is 45.7 Å². The van der Waals surface area contributed by atoms with Crippen molar-refractivity contribution in [3.63, 3.8) is 0 Å². The van der Waals surface area contributed by atoms with Crippen LogP contribution in [0.3, 0.4) is 0 Å². The highest BCUT2D eigenvalue weighted by molar-refractivity contribution is 6.42. The van der Waals surface area contributed by atoms with Crippen LogP contribution in [0, 0.1) is 0 Å². The number of aromatic carboxylic acids is 1. The zero-order valence-electron chi connectivity index (χ0n) is 10.4. The van der Waals surface area contributed by atoms with Gasteiger partial charge in [-0.25, -0.2) is 9.48 Å². The number of benzene rings is 1. The molecule has 0 saturated carbocycles. The molecule has 106 valence electrons. The number of carboxylic acids is 1. The number of carboxylic acid groups (broad SMARTS) is 1. The first-order valence-corrected chi connectivity index (χ1v) is 6.66. The molecule has 0 radical (unpaired) electrons. The van der Waals surface area contributed by atoms with Crippen LogP contribution in [0.1, 0.15) is 22.5 Å². The van der Waals surface area contributed by atoms with Crippen molar-refractivity contribution < 1.29 is 15.0 Å². The normalized spacial score (nSPS) is 10.8. The summed E-state index contributed by atoms with van der Waals surface area (Å²) in [7, 11) is 0. The van der Waals surface area contributed by atoms with Gasteiger partial charge in [0.1, 0.15) is 0 Å². The molecule has 5 nitrogen and oxygen atoms in total. The maximum atomic E-state index is 11.2. The third kappa shape index (κ3) is 3.12. The van der Waals surface area contributed by atoms with E-state index in [0.29, 0.717) is 34.1 Å². The fourth-order valence-electron chi connectivity index (χ4n) is 1.80. The van der Waals surface area contributed by atoms with Gasteiger partial charge in [-0.3, -0.25) is 0 Å². The number of aromatic nitrogens is 2. The summed E-state index contributed by atoms with van der Waals surface area (Å²) in [5.41, 5.74) is 1.17. The lowest BCUT2D eigenvalue weighted by molar-refractivity contribution is 0.0688. The molecular formula is C13H12Cl2N2O3. The van der Waals surface area contributed by atoms with Gasteiger partial charge < -0.3 is 10.2 Å². The molecule has 1 aromatic carbocycles. The average molecular weight is 315 g/mol. The van der Waals surface area contributed by atoms with E-state index in [4.69, 9.17) is 33.4 Å². The minimum absolute atomic E-state index is 0.00296. The van der Waals surface area contributed by atoms with Gasteiger partial charge >= 0.3 is 5.97 Å². The van der Waals surface area contributed by atoms with Gasteiger partial charge in [0.25, 0.3) is 0 Å². The lowest BCUT2D eigenvalue weighted by Gasteiger charge is -2.02. The standard InChI is InChI=1S/C13H12Cl2N2O3/c14-10-4-3-9(6-11(10)15)17-7-8(2-1-5-18)12(16-17)13(19)20/h3-4,6-7,18H,1-2,5H2,(H,19,20). The average Bonchev–Trinajstić information content (AvgIpc) is 2.84. The van der Waals surface area contributed by atoms with E-state index < -0.39 is 5.97 Å². The summed E-state index contributed by atoms with van der Waals surface area (Å²) in [4.78, 5) is 11.2. The van der Waals surface area contributed by atoms with Gasteiger partial charge in [-0.05, 0) is 31.0 Å². The topological polar surface area (TPSA) is 75.3 Å². The molecule has 2 N–H and O–H groups in total. The Morgan fingerprint density at radius 1 is 1.30 bits per heavy atom. The zero-order chi connectivity index (χ0) is 14.7. The predicted octanol–water partition coefficient (Wildman–Crippen LogP) is 2.80. The molecule has 0 saturated heterocycles. The van der Waals surface area contributed by atoms with Gasteiger partial charge in [0.15, 0.2) is 5.69 Å². The lowest BCUT2D eigenvalue weighted by Crippen LogP contribution is -2.03. The van der Waals surface area contributed by atoms with Crippen LogP contribution in [-0.2, 0) is 6.42 Å². The lowest BCUT2D eigenvalue weighted by atomic mass is 10.1. The summed E-state index contributed by atoms with van der Waals surface area (Å²) in [5, 5.41) is 22.8. The van der Waals surface area contributed by atoms with Gasteiger partial charge in [0, 0.05) is 18.4 Å². The smallest absolute Gasteiger partial charge is 0.356 e. The molecule has 0 aliphatic rings. The van der Waals surface area contributed by atoms with E-state index in [2.05, 4.69) is 5.10 Å². The summed E-state index contributed by atoms with van der Waals surface area (Å²) in [6.07, 6.45) is 2.55. The number of hydrogen-bond donors (Lipinski definition) is 2. The number of hydrogen-bond acceptors (Lipinski definition) is 3. The van der Waals surface area contributed by atoms with Crippen LogP contribution >= 0.6 is 23.2 Å². The number of aliphatic hydroxyl groups excluding tert-OH is 1. The molecule has 1 aromatic heterocycles. The van der Waals surface area contributed by atoms with Crippen molar-refractivity contribution in [2.75, 3.05) is 6.61 Å². The third-order valence-electron chi connectivity index (χ3n) is 2.76. The fraction of sp³-hybridized carbons (Fsp3) is 0.231. The first-order valence-electron chi connectivity index (χ1n) is 5.91. The molecule has 0 bridgehead atoms. The second kappa shape index (κ2) is 6.26. The quantitative estimate of drug-likeness (QED) is 0.889. The molecule has 0 fully saturated rings. The molecule has 1 heterocycles. The Morgan fingerprint density at radius 3 is 2.65 bits per heavy atom. The maximum Gasteiger partial charge on any atom is 0.356 e. The van der Waals surface area contributed by atoms with Crippen molar-refractivity contribution in [1.82, 2.24) is 9.78 Å².